The molecule has 0 aliphatic heterocycles. The lowest BCUT2D eigenvalue weighted by atomic mass is 10.2. The number of rotatable bonds is 5. The first-order chi connectivity index (χ1) is 8.70. The Balaban J connectivity index is 2.18. The van der Waals surface area contributed by atoms with Gasteiger partial charge in [0.1, 0.15) is 11.6 Å². The van der Waals surface area contributed by atoms with Crippen molar-refractivity contribution in [2.75, 3.05) is 6.54 Å². The van der Waals surface area contributed by atoms with Crippen LogP contribution in [0, 0.1) is 5.82 Å². The van der Waals surface area contributed by atoms with Gasteiger partial charge in [0.05, 0.1) is 13.1 Å². The van der Waals surface area contributed by atoms with Crippen molar-refractivity contribution in [2.45, 2.75) is 20.0 Å². The maximum absolute atomic E-state index is 13.7. The summed E-state index contributed by atoms with van der Waals surface area (Å²) in [5.41, 5.74) is 0.653. The number of imidazole rings is 1. The van der Waals surface area contributed by atoms with Crippen LogP contribution in [-0.4, -0.2) is 16.1 Å². The Labute approximate surface area is 114 Å². The van der Waals surface area contributed by atoms with E-state index in [2.05, 4.69) is 26.2 Å². The first-order valence-electron chi connectivity index (χ1n) is 5.85. The molecule has 1 aromatic heterocycles. The summed E-state index contributed by atoms with van der Waals surface area (Å²) in [7, 11) is 0. The first kappa shape index (κ1) is 13.2. The third-order valence-corrected chi connectivity index (χ3v) is 3.18. The van der Waals surface area contributed by atoms with Gasteiger partial charge in [-0.3, -0.25) is 0 Å². The molecule has 0 amide bonds. The summed E-state index contributed by atoms with van der Waals surface area (Å²) in [6, 6.07) is 4.97. The molecule has 3 nitrogen and oxygen atoms in total. The molecule has 0 unspecified atom stereocenters. The van der Waals surface area contributed by atoms with Crippen LogP contribution in [0.25, 0.3) is 0 Å². The summed E-state index contributed by atoms with van der Waals surface area (Å²) in [5, 5.41) is 3.22. The topological polar surface area (TPSA) is 29.9 Å². The largest absolute Gasteiger partial charge is 0.329 e. The van der Waals surface area contributed by atoms with Gasteiger partial charge in [0.15, 0.2) is 0 Å². The summed E-state index contributed by atoms with van der Waals surface area (Å²) in [5.74, 6) is 0.720. The van der Waals surface area contributed by atoms with Crippen molar-refractivity contribution in [3.05, 3.63) is 52.3 Å². The van der Waals surface area contributed by atoms with Crippen LogP contribution in [-0.2, 0) is 13.1 Å². The molecule has 18 heavy (non-hydrogen) atoms. The van der Waals surface area contributed by atoms with Gasteiger partial charge in [-0.2, -0.15) is 0 Å². The van der Waals surface area contributed by atoms with Gasteiger partial charge in [0.25, 0.3) is 0 Å². The average Bonchev–Trinajstić information content (AvgIpc) is 2.79. The van der Waals surface area contributed by atoms with Crippen molar-refractivity contribution in [3.63, 3.8) is 0 Å². The van der Waals surface area contributed by atoms with Crippen molar-refractivity contribution in [1.29, 1.82) is 0 Å². The molecule has 0 aliphatic rings. The Morgan fingerprint density at radius 3 is 3.06 bits per heavy atom. The summed E-state index contributed by atoms with van der Waals surface area (Å²) in [6.45, 7) is 4.12. The standard InChI is InChI=1S/C13H15BrFN3/c1-2-16-8-13-17-5-6-18(13)9-10-7-11(14)3-4-12(10)15/h3-7,16H,2,8-9H2,1H3. The third kappa shape index (κ3) is 3.17. The van der Waals surface area contributed by atoms with Gasteiger partial charge in [0, 0.05) is 22.4 Å². The normalized spacial score (nSPS) is 10.8. The Morgan fingerprint density at radius 2 is 2.28 bits per heavy atom. The zero-order valence-electron chi connectivity index (χ0n) is 10.2. The number of aromatic nitrogens is 2. The molecule has 0 bridgehead atoms. The zero-order chi connectivity index (χ0) is 13.0. The smallest absolute Gasteiger partial charge is 0.128 e. The van der Waals surface area contributed by atoms with Gasteiger partial charge in [-0.15, -0.1) is 0 Å². The van der Waals surface area contributed by atoms with E-state index in [0.717, 1.165) is 16.8 Å². The van der Waals surface area contributed by atoms with Crippen molar-refractivity contribution < 1.29 is 4.39 Å². The van der Waals surface area contributed by atoms with Crippen molar-refractivity contribution in [1.82, 2.24) is 14.9 Å². The Hall–Kier alpha value is -1.20. The highest BCUT2D eigenvalue weighted by atomic mass is 79.9. The fourth-order valence-corrected chi connectivity index (χ4v) is 2.14. The molecule has 1 aromatic carbocycles. The molecule has 0 aliphatic carbocycles. The Morgan fingerprint density at radius 1 is 1.44 bits per heavy atom. The molecule has 0 atom stereocenters. The number of halogens is 2. The number of nitrogens with zero attached hydrogens (tertiary/aromatic N) is 2. The number of benzene rings is 1. The lowest BCUT2D eigenvalue weighted by molar-refractivity contribution is 0.585. The molecule has 96 valence electrons. The maximum atomic E-state index is 13.7. The summed E-state index contributed by atoms with van der Waals surface area (Å²) in [6.07, 6.45) is 3.61. The molecule has 0 fully saturated rings. The first-order valence-corrected chi connectivity index (χ1v) is 6.64. The Bertz CT molecular complexity index is 525. The van der Waals surface area contributed by atoms with Crippen LogP contribution in [0.5, 0.6) is 0 Å². The molecule has 5 heteroatoms. The van der Waals surface area contributed by atoms with E-state index in [1.165, 1.54) is 6.07 Å². The van der Waals surface area contributed by atoms with Crippen LogP contribution in [0.3, 0.4) is 0 Å². The van der Waals surface area contributed by atoms with E-state index in [1.54, 1.807) is 18.3 Å². The molecule has 1 heterocycles. The lowest BCUT2D eigenvalue weighted by Crippen LogP contribution is -2.16. The molecule has 2 rings (SSSR count). The van der Waals surface area contributed by atoms with Gasteiger partial charge in [-0.1, -0.05) is 22.9 Å². The monoisotopic (exact) mass is 311 g/mol. The molecule has 0 spiro atoms. The van der Waals surface area contributed by atoms with Gasteiger partial charge in [0.2, 0.25) is 0 Å². The van der Waals surface area contributed by atoms with E-state index >= 15 is 0 Å². The van der Waals surface area contributed by atoms with Gasteiger partial charge < -0.3 is 9.88 Å². The highest BCUT2D eigenvalue weighted by molar-refractivity contribution is 9.10. The molecular formula is C13H15BrFN3. The van der Waals surface area contributed by atoms with Gasteiger partial charge in [-0.05, 0) is 24.7 Å². The highest BCUT2D eigenvalue weighted by Gasteiger charge is 2.07. The van der Waals surface area contributed by atoms with E-state index in [4.69, 9.17) is 0 Å². The van der Waals surface area contributed by atoms with E-state index in [0.29, 0.717) is 18.7 Å². The second-order valence-corrected chi connectivity index (χ2v) is 4.90. The quantitative estimate of drug-likeness (QED) is 0.920. The molecule has 0 saturated heterocycles. The van der Waals surface area contributed by atoms with Crippen LogP contribution in [0.4, 0.5) is 4.39 Å². The number of hydrogen-bond donors (Lipinski definition) is 1. The van der Waals surface area contributed by atoms with E-state index in [9.17, 15) is 4.39 Å². The predicted octanol–water partition coefficient (Wildman–Crippen LogP) is 2.94. The van der Waals surface area contributed by atoms with Crippen LogP contribution in [0.15, 0.2) is 35.1 Å². The molecule has 0 radical (unpaired) electrons. The van der Waals surface area contributed by atoms with Crippen molar-refractivity contribution >= 4 is 15.9 Å². The molecular weight excluding hydrogens is 297 g/mol. The fraction of sp³-hybridized carbons (Fsp3) is 0.308. The average molecular weight is 312 g/mol. The van der Waals surface area contributed by atoms with Gasteiger partial charge in [-0.25, -0.2) is 9.37 Å². The second kappa shape index (κ2) is 6.11. The number of hydrogen-bond acceptors (Lipinski definition) is 2. The van der Waals surface area contributed by atoms with E-state index in [-0.39, 0.29) is 5.82 Å². The summed E-state index contributed by atoms with van der Waals surface area (Å²) in [4.78, 5) is 4.27. The van der Waals surface area contributed by atoms with E-state index < -0.39 is 0 Å². The summed E-state index contributed by atoms with van der Waals surface area (Å²) >= 11 is 3.36. The molecule has 0 saturated carbocycles. The molecule has 2 aromatic rings. The lowest BCUT2D eigenvalue weighted by Gasteiger charge is -2.09. The summed E-state index contributed by atoms with van der Waals surface area (Å²) < 4.78 is 16.5. The minimum absolute atomic E-state index is 0.193. The van der Waals surface area contributed by atoms with Crippen molar-refractivity contribution in [2.24, 2.45) is 0 Å². The maximum Gasteiger partial charge on any atom is 0.128 e. The van der Waals surface area contributed by atoms with Gasteiger partial charge >= 0.3 is 0 Å². The minimum atomic E-state index is -0.193. The second-order valence-electron chi connectivity index (χ2n) is 3.99. The van der Waals surface area contributed by atoms with E-state index in [1.807, 2.05) is 17.7 Å². The van der Waals surface area contributed by atoms with Crippen LogP contribution in [0.2, 0.25) is 0 Å². The SMILES string of the molecule is CCNCc1nccn1Cc1cc(Br)ccc1F. The van der Waals surface area contributed by atoms with Crippen LogP contribution >= 0.6 is 15.9 Å². The fourth-order valence-electron chi connectivity index (χ4n) is 1.74. The van der Waals surface area contributed by atoms with Crippen LogP contribution in [0.1, 0.15) is 18.3 Å². The molecule has 1 N–H and O–H groups in total. The third-order valence-electron chi connectivity index (χ3n) is 2.68. The highest BCUT2D eigenvalue weighted by Crippen LogP contribution is 2.17. The van der Waals surface area contributed by atoms with Crippen LogP contribution < -0.4 is 5.32 Å². The minimum Gasteiger partial charge on any atom is -0.329 e. The van der Waals surface area contributed by atoms with Crippen molar-refractivity contribution in [3.8, 4) is 0 Å². The predicted molar refractivity (Wildman–Crippen MR) is 72.8 cm³/mol. The Kier molecular flexibility index (Phi) is 4.49. The zero-order valence-corrected chi connectivity index (χ0v) is 11.7. The number of nitrogens with one attached hydrogen (secondary N) is 1.